The first-order valence-electron chi connectivity index (χ1n) is 8.58. The van der Waals surface area contributed by atoms with Gasteiger partial charge in [-0.15, -0.1) is 11.3 Å². The number of fused-ring (bicyclic) bond motifs is 1. The number of hydrogen-bond donors (Lipinski definition) is 3. The molecule has 132 valence electrons. The van der Waals surface area contributed by atoms with Gasteiger partial charge in [0.05, 0.1) is 29.4 Å². The Morgan fingerprint density at radius 1 is 1.28 bits per heavy atom. The molecule has 0 aliphatic carbocycles. The van der Waals surface area contributed by atoms with Crippen LogP contribution in [0.15, 0.2) is 30.3 Å². The predicted octanol–water partition coefficient (Wildman–Crippen LogP) is 1.38. The lowest BCUT2D eigenvalue weighted by Gasteiger charge is -2.27. The average molecular weight is 358 g/mol. The zero-order chi connectivity index (χ0) is 18.0. The molecule has 1 aliphatic rings. The lowest BCUT2D eigenvalue weighted by molar-refractivity contribution is -0.936. The zero-order valence-corrected chi connectivity index (χ0v) is 15.4. The summed E-state index contributed by atoms with van der Waals surface area (Å²) in [4.78, 5) is 27.0. The van der Waals surface area contributed by atoms with Gasteiger partial charge in [-0.05, 0) is 25.0 Å². The average Bonchev–Trinajstić information content (AvgIpc) is 2.92. The van der Waals surface area contributed by atoms with Gasteiger partial charge in [0.15, 0.2) is 0 Å². The Hall–Kier alpha value is -2.18. The van der Waals surface area contributed by atoms with Gasteiger partial charge in [-0.25, -0.2) is 0 Å². The fourth-order valence-electron chi connectivity index (χ4n) is 3.29. The first-order chi connectivity index (χ1) is 12.0. The number of nitrogens with two attached hydrogens (primary N) is 1. The van der Waals surface area contributed by atoms with E-state index in [1.54, 1.807) is 0 Å². The molecule has 6 heteroatoms. The number of nitrogens with one attached hydrogen (secondary N) is 2. The largest absolute Gasteiger partial charge is 0.365 e. The van der Waals surface area contributed by atoms with E-state index >= 15 is 0 Å². The number of amides is 2. The lowest BCUT2D eigenvalue weighted by Crippen LogP contribution is -3.14. The molecule has 0 radical (unpaired) electrons. The molecule has 0 saturated heterocycles. The molecule has 0 saturated carbocycles. The van der Waals surface area contributed by atoms with Gasteiger partial charge in [0.1, 0.15) is 11.5 Å². The molecule has 1 unspecified atom stereocenters. The highest BCUT2D eigenvalue weighted by Crippen LogP contribution is 2.34. The van der Waals surface area contributed by atoms with E-state index in [0.717, 1.165) is 30.6 Å². The summed E-state index contributed by atoms with van der Waals surface area (Å²) in [5.41, 5.74) is 8.09. The second kappa shape index (κ2) is 7.37. The third kappa shape index (κ3) is 3.91. The van der Waals surface area contributed by atoms with Gasteiger partial charge in [0.2, 0.25) is 5.91 Å². The van der Waals surface area contributed by atoms with Crippen molar-refractivity contribution >= 4 is 28.2 Å². The molecule has 0 fully saturated rings. The van der Waals surface area contributed by atoms with Crippen LogP contribution in [0.25, 0.3) is 0 Å². The van der Waals surface area contributed by atoms with Crippen molar-refractivity contribution in [3.63, 3.8) is 0 Å². The van der Waals surface area contributed by atoms with Crippen LogP contribution >= 0.6 is 11.3 Å². The minimum absolute atomic E-state index is 0.125. The Morgan fingerprint density at radius 3 is 2.64 bits per heavy atom. The number of hydrogen-bond acceptors (Lipinski definition) is 3. The van der Waals surface area contributed by atoms with Crippen LogP contribution in [0.5, 0.6) is 0 Å². The van der Waals surface area contributed by atoms with Crippen molar-refractivity contribution in [2.45, 2.75) is 39.3 Å². The molecule has 25 heavy (non-hydrogen) atoms. The molecular weight excluding hydrogens is 334 g/mol. The van der Waals surface area contributed by atoms with Crippen LogP contribution < -0.4 is 16.0 Å². The molecule has 3 rings (SSSR count). The number of anilines is 1. The number of carbonyl (C=O) groups excluding carboxylic acids is 2. The fourth-order valence-corrected chi connectivity index (χ4v) is 4.62. The third-order valence-corrected chi connectivity index (χ3v) is 5.85. The first kappa shape index (κ1) is 17.6. The molecule has 0 bridgehead atoms. The Morgan fingerprint density at radius 2 is 2.00 bits per heavy atom. The van der Waals surface area contributed by atoms with E-state index in [2.05, 4.69) is 19.2 Å². The summed E-state index contributed by atoms with van der Waals surface area (Å²) in [6.45, 7) is 6.27. The minimum Gasteiger partial charge on any atom is -0.365 e. The van der Waals surface area contributed by atoms with Crippen molar-refractivity contribution in [1.29, 1.82) is 0 Å². The predicted molar refractivity (Wildman–Crippen MR) is 100.0 cm³/mol. The summed E-state index contributed by atoms with van der Waals surface area (Å²) >= 11 is 1.50. The number of quaternary nitrogens is 1. The van der Waals surface area contributed by atoms with Gasteiger partial charge < -0.3 is 16.0 Å². The quantitative estimate of drug-likeness (QED) is 0.755. The molecule has 4 N–H and O–H groups in total. The zero-order valence-electron chi connectivity index (χ0n) is 14.6. The summed E-state index contributed by atoms with van der Waals surface area (Å²) in [5, 5.41) is 3.51. The van der Waals surface area contributed by atoms with Crippen molar-refractivity contribution in [1.82, 2.24) is 0 Å². The maximum absolute atomic E-state index is 12.4. The van der Waals surface area contributed by atoms with E-state index in [1.807, 2.05) is 30.3 Å². The summed E-state index contributed by atoms with van der Waals surface area (Å²) < 4.78 is 0. The van der Waals surface area contributed by atoms with Gasteiger partial charge in [-0.2, -0.15) is 0 Å². The molecule has 0 spiro atoms. The highest BCUT2D eigenvalue weighted by Gasteiger charge is 2.30. The lowest BCUT2D eigenvalue weighted by atomic mass is 10.0. The number of carbonyl (C=O) groups is 2. The molecule has 2 heterocycles. The molecule has 1 aliphatic heterocycles. The van der Waals surface area contributed by atoms with Crippen molar-refractivity contribution in [3.8, 4) is 0 Å². The molecular formula is C19H24N3O2S+. The van der Waals surface area contributed by atoms with E-state index < -0.39 is 5.91 Å². The topological polar surface area (TPSA) is 76.6 Å². The summed E-state index contributed by atoms with van der Waals surface area (Å²) in [7, 11) is 0. The second-order valence-electron chi connectivity index (χ2n) is 6.77. The number of primary amides is 1. The monoisotopic (exact) mass is 358 g/mol. The van der Waals surface area contributed by atoms with E-state index in [9.17, 15) is 9.59 Å². The van der Waals surface area contributed by atoms with Gasteiger partial charge in [-0.3, -0.25) is 9.59 Å². The normalized spacial score (nSPS) is 16.5. The van der Waals surface area contributed by atoms with Gasteiger partial charge in [0.25, 0.3) is 5.91 Å². The van der Waals surface area contributed by atoms with Crippen LogP contribution in [0.2, 0.25) is 0 Å². The maximum atomic E-state index is 12.4. The second-order valence-corrected chi connectivity index (χ2v) is 7.88. The van der Waals surface area contributed by atoms with Crippen LogP contribution in [-0.4, -0.2) is 24.4 Å². The summed E-state index contributed by atoms with van der Waals surface area (Å²) in [6.07, 6.45) is 1.11. The highest BCUT2D eigenvalue weighted by molar-refractivity contribution is 7.17. The molecule has 1 aromatic carbocycles. The highest BCUT2D eigenvalue weighted by atomic mass is 32.1. The molecule has 2 amide bonds. The summed E-state index contributed by atoms with van der Waals surface area (Å²) in [5.74, 6) is -0.583. The van der Waals surface area contributed by atoms with E-state index in [4.69, 9.17) is 5.73 Å². The van der Waals surface area contributed by atoms with Gasteiger partial charge in [0, 0.05) is 6.42 Å². The van der Waals surface area contributed by atoms with Gasteiger partial charge in [-0.1, -0.05) is 30.3 Å². The van der Waals surface area contributed by atoms with Crippen LogP contribution in [0.3, 0.4) is 0 Å². The maximum Gasteiger partial charge on any atom is 0.252 e. The number of thiophene rings is 1. The first-order valence-corrected chi connectivity index (χ1v) is 9.40. The Labute approximate surface area is 151 Å². The van der Waals surface area contributed by atoms with Crippen molar-refractivity contribution < 1.29 is 14.5 Å². The van der Waals surface area contributed by atoms with Crippen LogP contribution in [0.1, 0.15) is 40.2 Å². The van der Waals surface area contributed by atoms with Crippen LogP contribution in [0, 0.1) is 0 Å². The Kier molecular flexibility index (Phi) is 5.20. The van der Waals surface area contributed by atoms with E-state index in [0.29, 0.717) is 16.6 Å². The number of rotatable bonds is 5. The molecule has 1 atom stereocenters. The van der Waals surface area contributed by atoms with Crippen LogP contribution in [-0.2, 0) is 24.2 Å². The Balaban J connectivity index is 1.81. The Bertz CT molecular complexity index is 783. The fraction of sp³-hybridized carbons (Fsp3) is 0.368. The molecule has 5 nitrogen and oxygen atoms in total. The minimum atomic E-state index is -0.458. The SMILES string of the molecule is CC(C)[NH+]1CCc2c(sc(NC(=O)Cc3ccccc3)c2C(N)=O)C1. The molecule has 1 aromatic heterocycles. The number of benzene rings is 1. The van der Waals surface area contributed by atoms with Crippen LogP contribution in [0.4, 0.5) is 5.00 Å². The molecule has 2 aromatic rings. The van der Waals surface area contributed by atoms with Crippen molar-refractivity contribution in [2.24, 2.45) is 5.73 Å². The van der Waals surface area contributed by atoms with Crippen molar-refractivity contribution in [2.75, 3.05) is 11.9 Å². The standard InChI is InChI=1S/C19H23N3O2S/c1-12(2)22-9-8-14-15(11-22)25-19(17(14)18(20)24)21-16(23)10-13-6-4-3-5-7-13/h3-7,12H,8-11H2,1-2H3,(H2,20,24)(H,21,23)/p+1. The van der Waals surface area contributed by atoms with Gasteiger partial charge >= 0.3 is 0 Å². The van der Waals surface area contributed by atoms with E-state index in [-0.39, 0.29) is 12.3 Å². The smallest absolute Gasteiger partial charge is 0.252 e. The van der Waals surface area contributed by atoms with Crippen molar-refractivity contribution in [3.05, 3.63) is 51.9 Å². The summed E-state index contributed by atoms with van der Waals surface area (Å²) in [6, 6.07) is 10.1. The third-order valence-electron chi connectivity index (χ3n) is 4.70. The van der Waals surface area contributed by atoms with E-state index in [1.165, 1.54) is 21.1 Å².